The van der Waals surface area contributed by atoms with E-state index >= 15 is 0 Å². The molecular weight excluding hydrogens is 1010 g/mol. The lowest BCUT2D eigenvalue weighted by Gasteiger charge is -2.59. The lowest BCUT2D eigenvalue weighted by atomic mass is 9.50. The van der Waals surface area contributed by atoms with Crippen LogP contribution in [0.15, 0.2) is 0 Å². The first-order chi connectivity index (χ1) is 37.4. The molecule has 0 heterocycles. The third-order valence-corrected chi connectivity index (χ3v) is 21.8. The van der Waals surface area contributed by atoms with Gasteiger partial charge in [0.25, 0.3) is 0 Å². The third-order valence-electron chi connectivity index (χ3n) is 21.8. The predicted octanol–water partition coefficient (Wildman–Crippen LogP) is 16.2. The van der Waals surface area contributed by atoms with E-state index in [1.807, 2.05) is 104 Å². The molecule has 0 aromatic rings. The van der Waals surface area contributed by atoms with E-state index in [2.05, 4.69) is 20.8 Å². The van der Waals surface area contributed by atoms with E-state index in [4.69, 9.17) is 28.4 Å². The SMILES string of the molecule is CC.CC.CC.CCC(C)(C)C(=O)OC(C)(C)C(=O)OC1(C)C2CC3CC(C2)CC1C3.CCC(C)(C)C(=O)OC(C)C(=O)OC1(C)C2CC3CC(C2)CC1C3.CCC(C)(C)C(=O)OCCCC(=O)OC1(C)C2CC3CC(C2)CC1C3. The molecule has 12 saturated carbocycles. The van der Waals surface area contributed by atoms with Gasteiger partial charge in [0.05, 0.1) is 22.9 Å². The zero-order valence-corrected chi connectivity index (χ0v) is 54.8. The Morgan fingerprint density at radius 2 is 0.725 bits per heavy atom. The summed E-state index contributed by atoms with van der Waals surface area (Å²) < 4.78 is 34.4. The molecule has 0 N–H and O–H groups in total. The van der Waals surface area contributed by atoms with E-state index in [1.54, 1.807) is 20.8 Å². The summed E-state index contributed by atoms with van der Waals surface area (Å²) >= 11 is 0. The molecule has 12 bridgehead atoms. The first-order valence-corrected chi connectivity index (χ1v) is 32.7. The van der Waals surface area contributed by atoms with Crippen molar-refractivity contribution in [3.05, 3.63) is 0 Å². The standard InChI is InChI=1S/2C21H34O4.C20H32O4.3C2H6/c1-7-19(2,3)17(22)24-20(4,5)18(23)25-21(6)15-9-13-8-14(11-15)12-16(21)10-13;1-5-20(2,3)19(23)24-8-6-7-18(22)25-21(4)16-10-14-9-15(12-16)13-17(21)11-14;1-6-19(3,4)18(22)23-12(2)17(21)24-20(5)15-8-13-7-14(10-15)11-16(20)9-13;3*1-2/h13-16H,7-12H2,1-6H3;14-17H,5-13H2,1-4H3;12-16H,6-11H2,1-5H3;3*1-2H3. The van der Waals surface area contributed by atoms with Crippen molar-refractivity contribution >= 4 is 35.8 Å². The van der Waals surface area contributed by atoms with Crippen LogP contribution in [0.2, 0.25) is 0 Å². The molecule has 12 fully saturated rings. The highest BCUT2D eigenvalue weighted by Crippen LogP contribution is 2.62. The summed E-state index contributed by atoms with van der Waals surface area (Å²) in [5, 5.41) is 0. The van der Waals surface area contributed by atoms with Gasteiger partial charge >= 0.3 is 35.8 Å². The average Bonchev–Trinajstić information content (AvgIpc) is 3.41. The molecule has 0 spiro atoms. The lowest BCUT2D eigenvalue weighted by molar-refractivity contribution is -0.221. The maximum atomic E-state index is 12.9. The van der Waals surface area contributed by atoms with E-state index in [9.17, 15) is 28.8 Å². The zero-order valence-electron chi connectivity index (χ0n) is 54.8. The molecule has 12 aliphatic carbocycles. The smallest absolute Gasteiger partial charge is 0.350 e. The highest BCUT2D eigenvalue weighted by atomic mass is 16.6. The van der Waals surface area contributed by atoms with E-state index in [0.717, 1.165) is 41.9 Å². The number of ether oxygens (including phenoxy) is 6. The second-order valence-corrected chi connectivity index (χ2v) is 28.6. The summed E-state index contributed by atoms with van der Waals surface area (Å²) in [5.41, 5.74) is -3.88. The van der Waals surface area contributed by atoms with Gasteiger partial charge in [-0.2, -0.15) is 0 Å². The largest absolute Gasteiger partial charge is 0.465 e. The number of carbonyl (C=O) groups is 6. The Bertz CT molecular complexity index is 1980. The van der Waals surface area contributed by atoms with E-state index in [0.29, 0.717) is 67.8 Å². The second kappa shape index (κ2) is 28.1. The number of esters is 6. The molecule has 80 heavy (non-hydrogen) atoms. The fourth-order valence-corrected chi connectivity index (χ4v) is 15.6. The normalized spacial score (nSPS) is 34.8. The maximum Gasteiger partial charge on any atom is 0.350 e. The van der Waals surface area contributed by atoms with Gasteiger partial charge in [0.1, 0.15) is 16.8 Å². The Morgan fingerprint density at radius 1 is 0.425 bits per heavy atom. The topological polar surface area (TPSA) is 158 Å². The van der Waals surface area contributed by atoms with E-state index < -0.39 is 39.5 Å². The summed E-state index contributed by atoms with van der Waals surface area (Å²) in [6.45, 7) is 40.6. The quantitative estimate of drug-likeness (QED) is 0.0772. The van der Waals surface area contributed by atoms with Gasteiger partial charge in [-0.3, -0.25) is 19.2 Å². The van der Waals surface area contributed by atoms with Gasteiger partial charge in [0.2, 0.25) is 5.60 Å². The number of hydrogen-bond donors (Lipinski definition) is 0. The van der Waals surface area contributed by atoms with Crippen LogP contribution in [0.25, 0.3) is 0 Å². The van der Waals surface area contributed by atoms with Crippen molar-refractivity contribution in [2.24, 2.45) is 87.3 Å². The zero-order chi connectivity index (χ0) is 60.6. The Kier molecular flexibility index (Phi) is 24.4. The molecule has 1 unspecified atom stereocenters. The molecule has 0 aliphatic heterocycles. The van der Waals surface area contributed by atoms with Crippen molar-refractivity contribution in [2.75, 3.05) is 6.61 Å². The monoisotopic (exact) mass is 1130 g/mol. The van der Waals surface area contributed by atoms with Crippen molar-refractivity contribution in [2.45, 2.75) is 302 Å². The Labute approximate surface area is 487 Å². The summed E-state index contributed by atoms with van der Waals surface area (Å²) in [5.74, 6) is 6.29. The van der Waals surface area contributed by atoms with Crippen LogP contribution >= 0.6 is 0 Å². The Balaban J connectivity index is 0.000000246. The summed E-state index contributed by atoms with van der Waals surface area (Å²) in [7, 11) is 0. The van der Waals surface area contributed by atoms with E-state index in [1.165, 1.54) is 96.3 Å². The number of carbonyl (C=O) groups excluding carboxylic acids is 6. The van der Waals surface area contributed by atoms with Crippen LogP contribution in [0.5, 0.6) is 0 Å². The predicted molar refractivity (Wildman–Crippen MR) is 317 cm³/mol. The van der Waals surface area contributed by atoms with Crippen LogP contribution < -0.4 is 0 Å². The summed E-state index contributed by atoms with van der Waals surface area (Å²) in [6.07, 6.45) is 20.7. The molecular formula is C68H118O12. The third kappa shape index (κ3) is 15.8. The Morgan fingerprint density at radius 3 is 1.06 bits per heavy atom. The van der Waals surface area contributed by atoms with Crippen LogP contribution in [0.1, 0.15) is 274 Å². The molecule has 0 aromatic carbocycles. The van der Waals surface area contributed by atoms with Crippen LogP contribution in [-0.2, 0) is 57.2 Å². The number of rotatable bonds is 17. The minimum absolute atomic E-state index is 0.124. The minimum atomic E-state index is -1.25. The Hall–Kier alpha value is -3.18. The fourth-order valence-electron chi connectivity index (χ4n) is 15.6. The van der Waals surface area contributed by atoms with Gasteiger partial charge in [-0.25, -0.2) is 9.59 Å². The first-order valence-electron chi connectivity index (χ1n) is 32.7. The van der Waals surface area contributed by atoms with Crippen LogP contribution in [0.3, 0.4) is 0 Å². The molecule has 12 rings (SSSR count). The average molecular weight is 1130 g/mol. The van der Waals surface area contributed by atoms with Crippen molar-refractivity contribution in [3.8, 4) is 0 Å². The van der Waals surface area contributed by atoms with Crippen molar-refractivity contribution in [1.29, 1.82) is 0 Å². The van der Waals surface area contributed by atoms with Gasteiger partial charge in [0.15, 0.2) is 6.10 Å². The molecule has 1 atom stereocenters. The molecule has 0 amide bonds. The number of hydrogen-bond acceptors (Lipinski definition) is 12. The molecule has 12 heteroatoms. The minimum Gasteiger partial charge on any atom is -0.465 e. The molecule has 462 valence electrons. The van der Waals surface area contributed by atoms with Gasteiger partial charge in [0, 0.05) is 6.42 Å². The van der Waals surface area contributed by atoms with E-state index in [-0.39, 0.29) is 41.0 Å². The molecule has 0 saturated heterocycles. The molecule has 0 radical (unpaired) electrons. The summed E-state index contributed by atoms with van der Waals surface area (Å²) in [6, 6.07) is 0. The van der Waals surface area contributed by atoms with Crippen LogP contribution in [-0.4, -0.2) is 70.9 Å². The fraction of sp³-hybridized carbons (Fsp3) is 0.912. The van der Waals surface area contributed by atoms with Crippen molar-refractivity contribution < 1.29 is 57.2 Å². The van der Waals surface area contributed by atoms with Gasteiger partial charge in [-0.15, -0.1) is 0 Å². The summed E-state index contributed by atoms with van der Waals surface area (Å²) in [4.78, 5) is 74.4. The van der Waals surface area contributed by atoms with Gasteiger partial charge in [-0.1, -0.05) is 62.3 Å². The maximum absolute atomic E-state index is 12.9. The van der Waals surface area contributed by atoms with Crippen molar-refractivity contribution in [1.82, 2.24) is 0 Å². The molecule has 12 nitrogen and oxygen atoms in total. The molecule has 0 aromatic heterocycles. The van der Waals surface area contributed by atoms with Gasteiger partial charge in [-0.05, 0) is 276 Å². The van der Waals surface area contributed by atoms with Crippen LogP contribution in [0, 0.1) is 87.3 Å². The van der Waals surface area contributed by atoms with Crippen LogP contribution in [0.4, 0.5) is 0 Å². The van der Waals surface area contributed by atoms with Gasteiger partial charge < -0.3 is 28.4 Å². The second-order valence-electron chi connectivity index (χ2n) is 28.6. The highest BCUT2D eigenvalue weighted by Gasteiger charge is 2.60. The molecule has 12 aliphatic rings. The highest BCUT2D eigenvalue weighted by molar-refractivity contribution is 5.85. The first kappa shape index (κ1) is 69.3. The van der Waals surface area contributed by atoms with Crippen molar-refractivity contribution in [3.63, 3.8) is 0 Å². The lowest BCUT2D eigenvalue weighted by Crippen LogP contribution is -2.59.